The number of benzene rings is 1. The van der Waals surface area contributed by atoms with E-state index in [9.17, 15) is 4.79 Å². The van der Waals surface area contributed by atoms with E-state index in [1.165, 1.54) is 44.1 Å². The first-order chi connectivity index (χ1) is 14.2. The first kappa shape index (κ1) is 26.5. The van der Waals surface area contributed by atoms with Gasteiger partial charge >= 0.3 is 0 Å². The number of hydrogen-bond donors (Lipinski definition) is 3. The predicted octanol–water partition coefficient (Wildman–Crippen LogP) is 3.01. The first-order valence-corrected chi connectivity index (χ1v) is 10.8. The van der Waals surface area contributed by atoms with Gasteiger partial charge in [-0.3, -0.25) is 9.79 Å². The van der Waals surface area contributed by atoms with E-state index in [1.54, 1.807) is 0 Å². The zero-order valence-electron chi connectivity index (χ0n) is 18.0. The number of nitrogens with one attached hydrogen (secondary N) is 2. The van der Waals surface area contributed by atoms with Crippen molar-refractivity contribution in [2.75, 3.05) is 32.8 Å². The van der Waals surface area contributed by atoms with Crippen molar-refractivity contribution in [3.8, 4) is 5.75 Å². The maximum atomic E-state index is 10.8. The quantitative estimate of drug-likeness (QED) is 0.134. The van der Waals surface area contributed by atoms with Gasteiger partial charge < -0.3 is 25.8 Å². The zero-order chi connectivity index (χ0) is 20.7. The van der Waals surface area contributed by atoms with Crippen molar-refractivity contribution < 1.29 is 14.3 Å². The van der Waals surface area contributed by atoms with Crippen LogP contribution in [0, 0.1) is 0 Å². The summed E-state index contributed by atoms with van der Waals surface area (Å²) in [6.07, 6.45) is 8.91. The Morgan fingerprint density at radius 2 is 1.83 bits per heavy atom. The normalized spacial score (nSPS) is 15.0. The molecule has 1 amide bonds. The van der Waals surface area contributed by atoms with Crippen LogP contribution in [-0.2, 0) is 16.0 Å². The third-order valence-corrected chi connectivity index (χ3v) is 4.87. The minimum atomic E-state index is -0.479. The lowest BCUT2D eigenvalue weighted by molar-refractivity contribution is -0.119. The number of amides is 1. The lowest BCUT2D eigenvalue weighted by atomic mass is 10.1. The number of primary amides is 1. The Labute approximate surface area is 197 Å². The Balaban J connectivity index is 0.00000450. The molecule has 0 bridgehead atoms. The zero-order valence-corrected chi connectivity index (χ0v) is 20.4. The summed E-state index contributed by atoms with van der Waals surface area (Å²) in [6.45, 7) is 4.89. The van der Waals surface area contributed by atoms with Crippen molar-refractivity contribution in [3.63, 3.8) is 0 Å². The largest absolute Gasteiger partial charge is 0.484 e. The summed E-state index contributed by atoms with van der Waals surface area (Å²) in [4.78, 5) is 15.4. The van der Waals surface area contributed by atoms with E-state index in [1.807, 2.05) is 24.3 Å². The maximum absolute atomic E-state index is 10.8. The van der Waals surface area contributed by atoms with E-state index in [-0.39, 0.29) is 30.6 Å². The molecule has 2 rings (SSSR count). The van der Waals surface area contributed by atoms with E-state index in [0.717, 1.165) is 25.5 Å². The van der Waals surface area contributed by atoms with Crippen LogP contribution in [-0.4, -0.2) is 50.8 Å². The van der Waals surface area contributed by atoms with Gasteiger partial charge in [-0.2, -0.15) is 0 Å². The third kappa shape index (κ3) is 11.6. The number of aliphatic imine (C=N–C) groups is 1. The SMILES string of the molecule is CCNC(=NCCOC1CCCCCC1)NCCc1ccc(OCC(N)=O)cc1.I. The Kier molecular flexibility index (Phi) is 14.3. The van der Waals surface area contributed by atoms with E-state index in [2.05, 4.69) is 22.5 Å². The predicted molar refractivity (Wildman–Crippen MR) is 132 cm³/mol. The Morgan fingerprint density at radius 3 is 2.47 bits per heavy atom. The average Bonchev–Trinajstić information content (AvgIpc) is 2.99. The molecule has 30 heavy (non-hydrogen) atoms. The molecular weight excluding hydrogens is 495 g/mol. The van der Waals surface area contributed by atoms with Gasteiger partial charge in [0.1, 0.15) is 5.75 Å². The second-order valence-electron chi connectivity index (χ2n) is 7.32. The highest BCUT2D eigenvalue weighted by molar-refractivity contribution is 14.0. The molecule has 0 atom stereocenters. The van der Waals surface area contributed by atoms with Crippen LogP contribution >= 0.6 is 24.0 Å². The fraction of sp³-hybridized carbons (Fsp3) is 0.636. The maximum Gasteiger partial charge on any atom is 0.255 e. The summed E-state index contributed by atoms with van der Waals surface area (Å²) in [6, 6.07) is 7.68. The van der Waals surface area contributed by atoms with Gasteiger partial charge in [0, 0.05) is 13.1 Å². The molecule has 1 fully saturated rings. The lowest BCUT2D eigenvalue weighted by Crippen LogP contribution is -2.38. The molecule has 0 aromatic heterocycles. The molecular formula is C22H37IN4O3. The van der Waals surface area contributed by atoms with Crippen molar-refractivity contribution in [2.24, 2.45) is 10.7 Å². The van der Waals surface area contributed by atoms with Gasteiger partial charge in [-0.1, -0.05) is 37.8 Å². The second kappa shape index (κ2) is 16.2. The molecule has 7 nitrogen and oxygen atoms in total. The highest BCUT2D eigenvalue weighted by Crippen LogP contribution is 2.19. The Hall–Kier alpha value is -1.55. The van der Waals surface area contributed by atoms with E-state index >= 15 is 0 Å². The van der Waals surface area contributed by atoms with Crippen molar-refractivity contribution in [1.29, 1.82) is 0 Å². The van der Waals surface area contributed by atoms with Crippen LogP contribution in [0.25, 0.3) is 0 Å². The highest BCUT2D eigenvalue weighted by Gasteiger charge is 2.11. The summed E-state index contributed by atoms with van der Waals surface area (Å²) in [7, 11) is 0. The standard InChI is InChI=1S/C22H36N4O3.HI/c1-2-24-22(26-15-16-28-19-7-5-3-4-6-8-19)25-14-13-18-9-11-20(12-10-18)29-17-21(23)27;/h9-12,19H,2-8,13-17H2,1H3,(H2,23,27)(H2,24,25,26);1H. The molecule has 0 spiro atoms. The summed E-state index contributed by atoms with van der Waals surface area (Å²) in [5, 5.41) is 6.64. The number of nitrogens with zero attached hydrogens (tertiary/aromatic N) is 1. The lowest BCUT2D eigenvalue weighted by Gasteiger charge is -2.15. The number of carbonyl (C=O) groups excluding carboxylic acids is 1. The summed E-state index contributed by atoms with van der Waals surface area (Å²) in [5.41, 5.74) is 6.26. The summed E-state index contributed by atoms with van der Waals surface area (Å²) >= 11 is 0. The average molecular weight is 532 g/mol. The van der Waals surface area contributed by atoms with Gasteiger partial charge in [0.05, 0.1) is 19.3 Å². The molecule has 0 heterocycles. The monoisotopic (exact) mass is 532 g/mol. The fourth-order valence-corrected chi connectivity index (χ4v) is 3.36. The van der Waals surface area contributed by atoms with E-state index < -0.39 is 5.91 Å². The molecule has 170 valence electrons. The fourth-order valence-electron chi connectivity index (χ4n) is 3.36. The van der Waals surface area contributed by atoms with Gasteiger partial charge in [-0.05, 0) is 43.9 Å². The summed E-state index contributed by atoms with van der Waals surface area (Å²) < 4.78 is 11.3. The van der Waals surface area contributed by atoms with Crippen LogP contribution < -0.4 is 21.1 Å². The molecule has 8 heteroatoms. The molecule has 1 aromatic carbocycles. The van der Waals surface area contributed by atoms with Gasteiger partial charge in [0.15, 0.2) is 12.6 Å². The molecule has 0 radical (unpaired) electrons. The van der Waals surface area contributed by atoms with Crippen molar-refractivity contribution in [1.82, 2.24) is 10.6 Å². The van der Waals surface area contributed by atoms with Gasteiger partial charge in [-0.15, -0.1) is 24.0 Å². The smallest absolute Gasteiger partial charge is 0.255 e. The number of carbonyl (C=O) groups is 1. The molecule has 1 aliphatic carbocycles. The van der Waals surface area contributed by atoms with Crippen LogP contribution in [0.15, 0.2) is 29.3 Å². The van der Waals surface area contributed by atoms with Gasteiger partial charge in [0.2, 0.25) is 0 Å². The molecule has 0 aliphatic heterocycles. The molecule has 0 saturated heterocycles. The van der Waals surface area contributed by atoms with Gasteiger partial charge in [0.25, 0.3) is 5.91 Å². The number of guanidine groups is 1. The number of halogens is 1. The number of hydrogen-bond acceptors (Lipinski definition) is 4. The molecule has 1 aliphatic rings. The first-order valence-electron chi connectivity index (χ1n) is 10.8. The number of ether oxygens (including phenoxy) is 2. The second-order valence-corrected chi connectivity index (χ2v) is 7.32. The van der Waals surface area contributed by atoms with Crippen LogP contribution in [0.2, 0.25) is 0 Å². The van der Waals surface area contributed by atoms with Crippen LogP contribution in [0.4, 0.5) is 0 Å². The van der Waals surface area contributed by atoms with Crippen molar-refractivity contribution >= 4 is 35.8 Å². The topological polar surface area (TPSA) is 98.0 Å². The van der Waals surface area contributed by atoms with Gasteiger partial charge in [-0.25, -0.2) is 0 Å². The number of nitrogens with two attached hydrogens (primary N) is 1. The van der Waals surface area contributed by atoms with Crippen LogP contribution in [0.5, 0.6) is 5.75 Å². The van der Waals surface area contributed by atoms with E-state index in [4.69, 9.17) is 15.2 Å². The Bertz CT molecular complexity index is 617. The van der Waals surface area contributed by atoms with Crippen molar-refractivity contribution in [3.05, 3.63) is 29.8 Å². The third-order valence-electron chi connectivity index (χ3n) is 4.87. The molecule has 1 saturated carbocycles. The van der Waals surface area contributed by atoms with Crippen LogP contribution in [0.3, 0.4) is 0 Å². The Morgan fingerprint density at radius 1 is 1.13 bits per heavy atom. The highest BCUT2D eigenvalue weighted by atomic mass is 127. The van der Waals surface area contributed by atoms with Crippen LogP contribution in [0.1, 0.15) is 51.0 Å². The molecule has 4 N–H and O–H groups in total. The molecule has 0 unspecified atom stereocenters. The summed E-state index contributed by atoms with van der Waals surface area (Å²) in [5.74, 6) is 0.982. The van der Waals surface area contributed by atoms with E-state index in [0.29, 0.717) is 25.0 Å². The molecule has 1 aromatic rings. The minimum absolute atomic E-state index is 0. The number of rotatable bonds is 11. The van der Waals surface area contributed by atoms with Crippen molar-refractivity contribution in [2.45, 2.75) is 58.0 Å². The minimum Gasteiger partial charge on any atom is -0.484 e.